The molecule has 21 heavy (non-hydrogen) atoms. The van der Waals surface area contributed by atoms with Crippen LogP contribution in [-0.4, -0.2) is 12.0 Å². The van der Waals surface area contributed by atoms with Crippen molar-refractivity contribution in [2.24, 2.45) is 0 Å². The first-order valence-corrected chi connectivity index (χ1v) is 7.14. The average Bonchev–Trinajstić information content (AvgIpc) is 2.48. The van der Waals surface area contributed by atoms with Crippen LogP contribution in [0.1, 0.15) is 16.7 Å². The van der Waals surface area contributed by atoms with E-state index in [1.54, 1.807) is 12.1 Å². The molecule has 0 radical (unpaired) electrons. The van der Waals surface area contributed by atoms with Crippen LogP contribution in [0.15, 0.2) is 42.5 Å². The minimum absolute atomic E-state index is 0.0671. The second-order valence-electron chi connectivity index (χ2n) is 5.05. The lowest BCUT2D eigenvalue weighted by Crippen LogP contribution is -2.16. The van der Waals surface area contributed by atoms with Gasteiger partial charge in [0.1, 0.15) is 0 Å². The Morgan fingerprint density at radius 2 is 1.86 bits per heavy atom. The van der Waals surface area contributed by atoms with Crippen LogP contribution in [0.5, 0.6) is 0 Å². The molecule has 0 N–H and O–H groups in total. The zero-order chi connectivity index (χ0) is 15.4. The number of nitro groups is 1. The van der Waals surface area contributed by atoms with Crippen LogP contribution in [0.3, 0.4) is 0 Å². The number of anilines is 1. The minimum atomic E-state index is -0.401. The van der Waals surface area contributed by atoms with Crippen LogP contribution in [0.25, 0.3) is 0 Å². The first kappa shape index (κ1) is 15.3. The zero-order valence-corrected chi connectivity index (χ0v) is 12.8. The predicted octanol–water partition coefficient (Wildman–Crippen LogP) is 4.28. The molecule has 0 spiro atoms. The quantitative estimate of drug-likeness (QED) is 0.470. The van der Waals surface area contributed by atoms with Gasteiger partial charge in [-0.1, -0.05) is 29.8 Å². The van der Waals surface area contributed by atoms with Gasteiger partial charge in [0.25, 0.3) is 5.69 Å². The summed E-state index contributed by atoms with van der Waals surface area (Å²) >= 11 is 5.81. The molecule has 0 bridgehead atoms. The first-order chi connectivity index (χ1) is 10.0. The van der Waals surface area contributed by atoms with Gasteiger partial charge in [0.15, 0.2) is 0 Å². The molecule has 0 unspecified atom stereocenters. The SMILES string of the molecule is Cc1ccc(CN(C)c2ccc([N+](=O)[O-])c(CCl)c2)cc1. The Morgan fingerprint density at radius 1 is 1.19 bits per heavy atom. The minimum Gasteiger partial charge on any atom is -0.370 e. The third-order valence-electron chi connectivity index (χ3n) is 3.38. The molecule has 0 atom stereocenters. The van der Waals surface area contributed by atoms with Gasteiger partial charge in [-0.25, -0.2) is 0 Å². The summed E-state index contributed by atoms with van der Waals surface area (Å²) in [5.74, 6) is 0.128. The number of rotatable bonds is 5. The molecule has 4 nitrogen and oxygen atoms in total. The van der Waals surface area contributed by atoms with Crippen molar-refractivity contribution in [3.63, 3.8) is 0 Å². The van der Waals surface area contributed by atoms with Crippen molar-refractivity contribution in [1.29, 1.82) is 0 Å². The summed E-state index contributed by atoms with van der Waals surface area (Å²) in [6.45, 7) is 2.79. The maximum Gasteiger partial charge on any atom is 0.273 e. The molecular weight excluding hydrogens is 288 g/mol. The van der Waals surface area contributed by atoms with Gasteiger partial charge in [-0.2, -0.15) is 0 Å². The Balaban J connectivity index is 2.21. The Labute approximate surface area is 129 Å². The van der Waals surface area contributed by atoms with Crippen LogP contribution in [0, 0.1) is 17.0 Å². The average molecular weight is 305 g/mol. The molecule has 110 valence electrons. The molecule has 0 heterocycles. The fourth-order valence-corrected chi connectivity index (χ4v) is 2.37. The molecule has 2 aromatic carbocycles. The highest BCUT2D eigenvalue weighted by Crippen LogP contribution is 2.26. The van der Waals surface area contributed by atoms with Gasteiger partial charge >= 0.3 is 0 Å². The molecule has 0 aromatic heterocycles. The van der Waals surface area contributed by atoms with E-state index in [1.165, 1.54) is 17.2 Å². The highest BCUT2D eigenvalue weighted by Gasteiger charge is 2.14. The third-order valence-corrected chi connectivity index (χ3v) is 3.67. The summed E-state index contributed by atoms with van der Waals surface area (Å²) in [6.07, 6.45) is 0. The van der Waals surface area contributed by atoms with Crippen LogP contribution in [0.2, 0.25) is 0 Å². The molecule has 5 heteroatoms. The van der Waals surface area contributed by atoms with Gasteiger partial charge in [-0.15, -0.1) is 11.6 Å². The molecule has 0 aliphatic carbocycles. The van der Waals surface area contributed by atoms with Crippen LogP contribution in [-0.2, 0) is 12.4 Å². The van der Waals surface area contributed by atoms with Crippen molar-refractivity contribution in [3.05, 3.63) is 69.3 Å². The first-order valence-electron chi connectivity index (χ1n) is 6.61. The molecule has 2 aromatic rings. The van der Waals surface area contributed by atoms with Crippen molar-refractivity contribution >= 4 is 23.0 Å². The summed E-state index contributed by atoms with van der Waals surface area (Å²) < 4.78 is 0. The monoisotopic (exact) mass is 304 g/mol. The van der Waals surface area contributed by atoms with Gasteiger partial charge in [-0.05, 0) is 24.6 Å². The lowest BCUT2D eigenvalue weighted by atomic mass is 10.1. The molecular formula is C16H17ClN2O2. The third kappa shape index (κ3) is 3.73. The summed E-state index contributed by atoms with van der Waals surface area (Å²) in [5, 5.41) is 10.9. The van der Waals surface area contributed by atoms with Gasteiger partial charge in [0, 0.05) is 30.9 Å². The van der Waals surface area contributed by atoms with Crippen LogP contribution < -0.4 is 4.90 Å². The zero-order valence-electron chi connectivity index (χ0n) is 12.0. The predicted molar refractivity (Wildman–Crippen MR) is 85.9 cm³/mol. The lowest BCUT2D eigenvalue weighted by Gasteiger charge is -2.20. The van der Waals surface area contributed by atoms with Crippen molar-refractivity contribution in [3.8, 4) is 0 Å². The van der Waals surface area contributed by atoms with Gasteiger partial charge in [0.05, 0.1) is 10.8 Å². The van der Waals surface area contributed by atoms with Gasteiger partial charge in [-0.3, -0.25) is 10.1 Å². The van der Waals surface area contributed by atoms with E-state index in [-0.39, 0.29) is 11.6 Å². The van der Waals surface area contributed by atoms with Gasteiger partial charge < -0.3 is 4.90 Å². The molecule has 0 saturated heterocycles. The van der Waals surface area contributed by atoms with E-state index < -0.39 is 4.92 Å². The number of nitrogens with zero attached hydrogens (tertiary/aromatic N) is 2. The number of hydrogen-bond acceptors (Lipinski definition) is 3. The molecule has 0 fully saturated rings. The fourth-order valence-electron chi connectivity index (χ4n) is 2.15. The van der Waals surface area contributed by atoms with Crippen LogP contribution in [0.4, 0.5) is 11.4 Å². The summed E-state index contributed by atoms with van der Waals surface area (Å²) in [7, 11) is 1.96. The number of aryl methyl sites for hydroxylation is 1. The molecule has 2 rings (SSSR count). The Bertz CT molecular complexity index is 641. The van der Waals surface area contributed by atoms with E-state index in [4.69, 9.17) is 11.6 Å². The smallest absolute Gasteiger partial charge is 0.273 e. The Hall–Kier alpha value is -2.07. The largest absolute Gasteiger partial charge is 0.370 e. The molecule has 0 aliphatic heterocycles. The van der Waals surface area contributed by atoms with Gasteiger partial charge in [0.2, 0.25) is 0 Å². The topological polar surface area (TPSA) is 46.4 Å². The van der Waals surface area contributed by atoms with E-state index in [1.807, 2.05) is 11.9 Å². The lowest BCUT2D eigenvalue weighted by molar-refractivity contribution is -0.385. The maximum atomic E-state index is 10.9. The highest BCUT2D eigenvalue weighted by atomic mass is 35.5. The van der Waals surface area contributed by atoms with Crippen molar-refractivity contribution in [1.82, 2.24) is 0 Å². The normalized spacial score (nSPS) is 10.4. The number of halogens is 1. The summed E-state index contributed by atoms with van der Waals surface area (Å²) in [5.41, 5.74) is 3.93. The van der Waals surface area contributed by atoms with E-state index in [9.17, 15) is 10.1 Å². The molecule has 0 amide bonds. The Kier molecular flexibility index (Phi) is 4.81. The highest BCUT2D eigenvalue weighted by molar-refractivity contribution is 6.17. The second-order valence-corrected chi connectivity index (χ2v) is 5.31. The Morgan fingerprint density at radius 3 is 2.43 bits per heavy atom. The van der Waals surface area contributed by atoms with Crippen molar-refractivity contribution < 1.29 is 4.92 Å². The van der Waals surface area contributed by atoms with Crippen molar-refractivity contribution in [2.75, 3.05) is 11.9 Å². The van der Waals surface area contributed by atoms with E-state index in [2.05, 4.69) is 31.2 Å². The number of benzene rings is 2. The molecule has 0 saturated carbocycles. The summed E-state index contributed by atoms with van der Waals surface area (Å²) in [6, 6.07) is 13.4. The van der Waals surface area contributed by atoms with E-state index in [0.29, 0.717) is 5.56 Å². The number of nitro benzene ring substituents is 1. The number of hydrogen-bond donors (Lipinski definition) is 0. The number of alkyl halides is 1. The maximum absolute atomic E-state index is 10.9. The summed E-state index contributed by atoms with van der Waals surface area (Å²) in [4.78, 5) is 12.6. The van der Waals surface area contributed by atoms with E-state index in [0.717, 1.165) is 12.2 Å². The van der Waals surface area contributed by atoms with Crippen LogP contribution >= 0.6 is 11.6 Å². The molecule has 0 aliphatic rings. The standard InChI is InChI=1S/C16H17ClN2O2/c1-12-3-5-13(6-4-12)11-18(2)15-7-8-16(19(20)21)14(9-15)10-17/h3-9H,10-11H2,1-2H3. The van der Waals surface area contributed by atoms with E-state index >= 15 is 0 Å². The second kappa shape index (κ2) is 6.59. The fraction of sp³-hybridized carbons (Fsp3) is 0.250. The van der Waals surface area contributed by atoms with Crippen molar-refractivity contribution in [2.45, 2.75) is 19.3 Å².